The molecule has 160 valence electrons. The lowest BCUT2D eigenvalue weighted by atomic mass is 10.0. The van der Waals surface area contributed by atoms with Crippen LogP contribution in [0.1, 0.15) is 43.7 Å². The van der Waals surface area contributed by atoms with Gasteiger partial charge < -0.3 is 20.3 Å². The lowest BCUT2D eigenvalue weighted by Crippen LogP contribution is -2.20. The van der Waals surface area contributed by atoms with Crippen molar-refractivity contribution in [2.24, 2.45) is 0 Å². The summed E-state index contributed by atoms with van der Waals surface area (Å²) in [6.07, 6.45) is 8.31. The predicted molar refractivity (Wildman–Crippen MR) is 124 cm³/mol. The summed E-state index contributed by atoms with van der Waals surface area (Å²) in [6, 6.07) is 6.59. The van der Waals surface area contributed by atoms with Crippen molar-refractivity contribution in [1.82, 2.24) is 19.4 Å². The molecule has 2 aromatic heterocycles. The number of aromatic nitrogens is 3. The first kappa shape index (κ1) is 20.3. The van der Waals surface area contributed by atoms with E-state index in [0.717, 1.165) is 67.2 Å². The summed E-state index contributed by atoms with van der Waals surface area (Å²) in [7, 11) is 2.15. The molecule has 1 atom stereocenters. The van der Waals surface area contributed by atoms with Crippen molar-refractivity contribution in [1.29, 1.82) is 0 Å². The standard InChI is InChI=1S/C24H26ClN5O/c1-29-11-7-17(14-29)30-15-19(22-20(25)13-27-23(26)28-22)18-12-16(4-5-21(18)30)6-10-24(31)8-2-3-9-24/h4-5,12-13,15,17,31H,2-3,7-9,11,14H2,1H3,(H2,26,27,28). The van der Waals surface area contributed by atoms with Crippen LogP contribution in [0, 0.1) is 11.8 Å². The zero-order chi connectivity index (χ0) is 21.6. The van der Waals surface area contributed by atoms with Gasteiger partial charge in [0.15, 0.2) is 0 Å². The van der Waals surface area contributed by atoms with Gasteiger partial charge in [-0.25, -0.2) is 9.97 Å². The number of hydrogen-bond acceptors (Lipinski definition) is 5. The molecule has 1 aliphatic heterocycles. The Kier molecular flexibility index (Phi) is 5.13. The molecule has 5 rings (SSSR count). The van der Waals surface area contributed by atoms with Gasteiger partial charge in [0.25, 0.3) is 0 Å². The van der Waals surface area contributed by atoms with Gasteiger partial charge in [0.1, 0.15) is 5.60 Å². The van der Waals surface area contributed by atoms with E-state index in [4.69, 9.17) is 17.3 Å². The Morgan fingerprint density at radius 2 is 2.10 bits per heavy atom. The molecule has 0 radical (unpaired) electrons. The third-order valence-electron chi connectivity index (χ3n) is 6.48. The number of rotatable bonds is 2. The van der Waals surface area contributed by atoms with E-state index in [1.807, 2.05) is 6.07 Å². The quantitative estimate of drug-likeness (QED) is 0.597. The minimum absolute atomic E-state index is 0.195. The number of likely N-dealkylation sites (tertiary alicyclic amines) is 1. The normalized spacial score (nSPS) is 20.8. The van der Waals surface area contributed by atoms with Crippen molar-refractivity contribution < 1.29 is 5.11 Å². The SMILES string of the molecule is CN1CCC(n2cc(-c3nc(N)ncc3Cl)c3cc(C#CC4(O)CCCC4)ccc32)C1. The number of nitrogens with zero attached hydrogens (tertiary/aromatic N) is 4. The minimum Gasteiger partial charge on any atom is -0.378 e. The summed E-state index contributed by atoms with van der Waals surface area (Å²) in [5, 5.41) is 12.1. The molecule has 1 unspecified atom stereocenters. The van der Waals surface area contributed by atoms with Gasteiger partial charge in [-0.1, -0.05) is 23.4 Å². The van der Waals surface area contributed by atoms with Crippen LogP contribution < -0.4 is 5.73 Å². The fourth-order valence-electron chi connectivity index (χ4n) is 4.81. The van der Waals surface area contributed by atoms with E-state index < -0.39 is 5.60 Å². The summed E-state index contributed by atoms with van der Waals surface area (Å²) in [5.41, 5.74) is 8.55. The largest absolute Gasteiger partial charge is 0.378 e. The molecule has 6 nitrogen and oxygen atoms in total. The van der Waals surface area contributed by atoms with Gasteiger partial charge in [0, 0.05) is 40.8 Å². The second kappa shape index (κ2) is 7.83. The lowest BCUT2D eigenvalue weighted by molar-refractivity contribution is 0.110. The van der Waals surface area contributed by atoms with Crippen LogP contribution in [0.2, 0.25) is 5.02 Å². The molecule has 0 amide bonds. The molecular formula is C24H26ClN5O. The molecule has 1 aliphatic carbocycles. The molecular weight excluding hydrogens is 410 g/mol. The van der Waals surface area contributed by atoms with Crippen LogP contribution in [-0.2, 0) is 0 Å². The van der Waals surface area contributed by atoms with Crippen LogP contribution in [0.3, 0.4) is 0 Å². The van der Waals surface area contributed by atoms with Crippen LogP contribution in [0.15, 0.2) is 30.6 Å². The molecule has 3 N–H and O–H groups in total. The fraction of sp³-hybridized carbons (Fsp3) is 0.417. The molecule has 3 heterocycles. The highest BCUT2D eigenvalue weighted by atomic mass is 35.5. The molecule has 0 spiro atoms. The van der Waals surface area contributed by atoms with Gasteiger partial charge in [0.05, 0.1) is 16.9 Å². The van der Waals surface area contributed by atoms with Crippen molar-refractivity contribution in [2.75, 3.05) is 25.9 Å². The summed E-state index contributed by atoms with van der Waals surface area (Å²) in [4.78, 5) is 10.8. The molecule has 1 saturated heterocycles. The Morgan fingerprint density at radius 3 is 2.84 bits per heavy atom. The molecule has 1 saturated carbocycles. The monoisotopic (exact) mass is 435 g/mol. The average molecular weight is 436 g/mol. The van der Waals surface area contributed by atoms with E-state index in [9.17, 15) is 5.11 Å². The van der Waals surface area contributed by atoms with E-state index >= 15 is 0 Å². The van der Waals surface area contributed by atoms with Gasteiger partial charge in [-0.3, -0.25) is 0 Å². The Labute approximate surface area is 187 Å². The first-order chi connectivity index (χ1) is 14.9. The summed E-state index contributed by atoms with van der Waals surface area (Å²) in [6.45, 7) is 2.07. The number of aliphatic hydroxyl groups is 1. The molecule has 31 heavy (non-hydrogen) atoms. The predicted octanol–water partition coefficient (Wildman–Crippen LogP) is 3.87. The topological polar surface area (TPSA) is 80.2 Å². The molecule has 7 heteroatoms. The van der Waals surface area contributed by atoms with Crippen molar-refractivity contribution in [2.45, 2.75) is 43.7 Å². The third kappa shape index (κ3) is 3.89. The van der Waals surface area contributed by atoms with E-state index in [1.54, 1.807) is 6.20 Å². The number of fused-ring (bicyclic) bond motifs is 1. The summed E-state index contributed by atoms with van der Waals surface area (Å²) >= 11 is 6.47. The van der Waals surface area contributed by atoms with Gasteiger partial charge >= 0.3 is 0 Å². The second-order valence-electron chi connectivity index (χ2n) is 8.80. The fourth-order valence-corrected chi connectivity index (χ4v) is 5.00. The van der Waals surface area contributed by atoms with Crippen LogP contribution in [0.4, 0.5) is 5.95 Å². The number of hydrogen-bond donors (Lipinski definition) is 2. The van der Waals surface area contributed by atoms with Crippen LogP contribution in [0.25, 0.3) is 22.2 Å². The highest BCUT2D eigenvalue weighted by molar-refractivity contribution is 6.33. The minimum atomic E-state index is -0.859. The third-order valence-corrected chi connectivity index (χ3v) is 6.76. The number of benzene rings is 1. The highest BCUT2D eigenvalue weighted by Crippen LogP contribution is 2.37. The smallest absolute Gasteiger partial charge is 0.220 e. The summed E-state index contributed by atoms with van der Waals surface area (Å²) in [5.74, 6) is 6.50. The first-order valence-corrected chi connectivity index (χ1v) is 11.2. The number of halogens is 1. The molecule has 2 fully saturated rings. The number of nitrogens with two attached hydrogens (primary N) is 1. The van der Waals surface area contributed by atoms with Crippen molar-refractivity contribution in [3.05, 3.63) is 41.2 Å². The van der Waals surface area contributed by atoms with Gasteiger partial charge in [-0.15, -0.1) is 0 Å². The Morgan fingerprint density at radius 1 is 1.29 bits per heavy atom. The van der Waals surface area contributed by atoms with Gasteiger partial charge in [0.2, 0.25) is 5.95 Å². The van der Waals surface area contributed by atoms with E-state index in [1.165, 1.54) is 0 Å². The van der Waals surface area contributed by atoms with Crippen LogP contribution in [-0.4, -0.2) is 50.3 Å². The molecule has 1 aromatic carbocycles. The second-order valence-corrected chi connectivity index (χ2v) is 9.21. The van der Waals surface area contributed by atoms with E-state index in [0.29, 0.717) is 16.8 Å². The number of nitrogen functional groups attached to an aromatic ring is 1. The van der Waals surface area contributed by atoms with E-state index in [2.05, 4.69) is 56.7 Å². The maximum atomic E-state index is 10.6. The zero-order valence-corrected chi connectivity index (χ0v) is 18.4. The lowest BCUT2D eigenvalue weighted by Gasteiger charge is -2.14. The van der Waals surface area contributed by atoms with Gasteiger partial charge in [-0.05, 0) is 63.9 Å². The zero-order valence-electron chi connectivity index (χ0n) is 17.6. The summed E-state index contributed by atoms with van der Waals surface area (Å²) < 4.78 is 2.32. The van der Waals surface area contributed by atoms with Crippen LogP contribution >= 0.6 is 11.6 Å². The molecule has 0 bridgehead atoms. The Bertz CT molecular complexity index is 1200. The van der Waals surface area contributed by atoms with Gasteiger partial charge in [-0.2, -0.15) is 0 Å². The first-order valence-electron chi connectivity index (χ1n) is 10.8. The Balaban J connectivity index is 1.65. The number of anilines is 1. The van der Waals surface area contributed by atoms with Crippen LogP contribution in [0.5, 0.6) is 0 Å². The van der Waals surface area contributed by atoms with Crippen molar-refractivity contribution >= 4 is 28.5 Å². The maximum absolute atomic E-state index is 10.6. The number of likely N-dealkylation sites (N-methyl/N-ethyl adjacent to an activating group) is 1. The van der Waals surface area contributed by atoms with Crippen molar-refractivity contribution in [3.8, 4) is 23.1 Å². The maximum Gasteiger partial charge on any atom is 0.220 e. The average Bonchev–Trinajstić information content (AvgIpc) is 3.47. The Hall–Kier alpha value is -2.59. The molecule has 2 aliphatic rings. The van der Waals surface area contributed by atoms with Crippen molar-refractivity contribution in [3.63, 3.8) is 0 Å². The molecule has 3 aromatic rings. The highest BCUT2D eigenvalue weighted by Gasteiger charge is 2.29. The van der Waals surface area contributed by atoms with E-state index in [-0.39, 0.29) is 5.95 Å².